The molecule has 1 saturated heterocycles. The normalized spacial score (nSPS) is 17.8. The fraction of sp³-hybridized carbons (Fsp3) is 0.500. The van der Waals surface area contributed by atoms with Gasteiger partial charge in [0.2, 0.25) is 10.0 Å². The quantitative estimate of drug-likeness (QED) is 0.848. The Balaban J connectivity index is 1.96. The first-order valence-corrected chi connectivity index (χ1v) is 8.18. The molecule has 2 rings (SSSR count). The third kappa shape index (κ3) is 3.79. The summed E-state index contributed by atoms with van der Waals surface area (Å²) in [4.78, 5) is 2.35. The van der Waals surface area contributed by atoms with Crippen LogP contribution in [0.15, 0.2) is 29.2 Å². The Labute approximate surface area is 120 Å². The van der Waals surface area contributed by atoms with E-state index in [9.17, 15) is 8.42 Å². The molecule has 1 aliphatic heterocycles. The number of rotatable bonds is 4. The van der Waals surface area contributed by atoms with Gasteiger partial charge in [0, 0.05) is 19.1 Å². The van der Waals surface area contributed by atoms with E-state index in [0.717, 1.165) is 31.5 Å². The van der Waals surface area contributed by atoms with Gasteiger partial charge in [-0.2, -0.15) is 5.26 Å². The van der Waals surface area contributed by atoms with Gasteiger partial charge in [-0.25, -0.2) is 13.1 Å². The molecule has 0 aromatic heterocycles. The lowest BCUT2D eigenvalue weighted by atomic mass is 10.1. The number of nitrogens with zero attached hydrogens (tertiary/aromatic N) is 2. The number of sulfonamides is 1. The van der Waals surface area contributed by atoms with Crippen molar-refractivity contribution in [2.24, 2.45) is 0 Å². The molecule has 1 fully saturated rings. The van der Waals surface area contributed by atoms with Crippen molar-refractivity contribution in [3.8, 4) is 6.07 Å². The van der Waals surface area contributed by atoms with Crippen molar-refractivity contribution in [1.82, 2.24) is 9.62 Å². The molecule has 20 heavy (non-hydrogen) atoms. The number of hydrogen-bond donors (Lipinski definition) is 1. The van der Waals surface area contributed by atoms with E-state index >= 15 is 0 Å². The third-order valence-electron chi connectivity index (χ3n) is 3.53. The van der Waals surface area contributed by atoms with E-state index in [0.29, 0.717) is 11.4 Å². The van der Waals surface area contributed by atoms with Gasteiger partial charge in [-0.15, -0.1) is 0 Å². The first-order valence-electron chi connectivity index (χ1n) is 6.69. The van der Waals surface area contributed by atoms with Crippen LogP contribution in [0, 0.1) is 18.3 Å². The Morgan fingerprint density at radius 2 is 1.90 bits per heavy atom. The van der Waals surface area contributed by atoms with E-state index in [4.69, 9.17) is 5.26 Å². The zero-order valence-corrected chi connectivity index (χ0v) is 12.4. The lowest BCUT2D eigenvalue weighted by Crippen LogP contribution is -2.44. The van der Waals surface area contributed by atoms with Gasteiger partial charge in [0.15, 0.2) is 0 Å². The fourth-order valence-electron chi connectivity index (χ4n) is 2.31. The average Bonchev–Trinajstić information content (AvgIpc) is 2.41. The van der Waals surface area contributed by atoms with Crippen molar-refractivity contribution in [3.63, 3.8) is 0 Å². The number of piperidine rings is 1. The SMILES string of the molecule is Cc1ccc(S(=O)(=O)NC2CCN(CC#N)CC2)cc1. The van der Waals surface area contributed by atoms with Crippen molar-refractivity contribution in [2.45, 2.75) is 30.7 Å². The second-order valence-electron chi connectivity index (χ2n) is 5.14. The highest BCUT2D eigenvalue weighted by molar-refractivity contribution is 7.89. The van der Waals surface area contributed by atoms with Gasteiger partial charge in [-0.05, 0) is 31.9 Å². The summed E-state index contributed by atoms with van der Waals surface area (Å²) in [5.74, 6) is 0. The van der Waals surface area contributed by atoms with E-state index in [1.807, 2.05) is 11.8 Å². The van der Waals surface area contributed by atoms with Crippen LogP contribution in [-0.4, -0.2) is 39.0 Å². The summed E-state index contributed by atoms with van der Waals surface area (Å²) in [5, 5.41) is 8.64. The van der Waals surface area contributed by atoms with E-state index in [1.54, 1.807) is 24.3 Å². The first kappa shape index (κ1) is 15.0. The molecule has 5 nitrogen and oxygen atoms in total. The topological polar surface area (TPSA) is 73.2 Å². The Morgan fingerprint density at radius 3 is 2.45 bits per heavy atom. The van der Waals surface area contributed by atoms with Crippen LogP contribution in [0.4, 0.5) is 0 Å². The molecule has 1 heterocycles. The lowest BCUT2D eigenvalue weighted by Gasteiger charge is -2.30. The maximum absolute atomic E-state index is 12.2. The van der Waals surface area contributed by atoms with E-state index in [1.165, 1.54) is 0 Å². The van der Waals surface area contributed by atoms with Gasteiger partial charge in [-0.1, -0.05) is 17.7 Å². The molecule has 0 saturated carbocycles. The average molecular weight is 293 g/mol. The monoisotopic (exact) mass is 293 g/mol. The van der Waals surface area contributed by atoms with Crippen molar-refractivity contribution in [2.75, 3.05) is 19.6 Å². The third-order valence-corrected chi connectivity index (χ3v) is 5.07. The molecule has 0 radical (unpaired) electrons. The maximum Gasteiger partial charge on any atom is 0.240 e. The summed E-state index contributed by atoms with van der Waals surface area (Å²) in [6.45, 7) is 3.86. The number of nitrogens with one attached hydrogen (secondary N) is 1. The van der Waals surface area contributed by atoms with Crippen molar-refractivity contribution < 1.29 is 8.42 Å². The molecule has 0 bridgehead atoms. The molecule has 1 aromatic rings. The summed E-state index contributed by atoms with van der Waals surface area (Å²) in [7, 11) is -3.44. The largest absolute Gasteiger partial charge is 0.290 e. The summed E-state index contributed by atoms with van der Waals surface area (Å²) in [6, 6.07) is 8.92. The molecule has 6 heteroatoms. The molecular formula is C14H19N3O2S. The maximum atomic E-state index is 12.2. The highest BCUT2D eigenvalue weighted by Crippen LogP contribution is 2.15. The summed E-state index contributed by atoms with van der Waals surface area (Å²) >= 11 is 0. The minimum atomic E-state index is -3.44. The molecule has 0 amide bonds. The van der Waals surface area contributed by atoms with Gasteiger partial charge in [0.05, 0.1) is 17.5 Å². The van der Waals surface area contributed by atoms with Crippen LogP contribution < -0.4 is 4.72 Å². The smallest absolute Gasteiger partial charge is 0.240 e. The molecular weight excluding hydrogens is 274 g/mol. The zero-order valence-electron chi connectivity index (χ0n) is 11.5. The Bertz CT molecular complexity index is 582. The van der Waals surface area contributed by atoms with Gasteiger partial charge in [0.25, 0.3) is 0 Å². The van der Waals surface area contributed by atoms with Crippen LogP contribution in [0.3, 0.4) is 0 Å². The predicted molar refractivity (Wildman–Crippen MR) is 76.6 cm³/mol. The second kappa shape index (κ2) is 6.35. The highest BCUT2D eigenvalue weighted by atomic mass is 32.2. The van der Waals surface area contributed by atoms with Crippen molar-refractivity contribution >= 4 is 10.0 Å². The Kier molecular flexibility index (Phi) is 4.76. The number of likely N-dealkylation sites (tertiary alicyclic amines) is 1. The number of nitriles is 1. The first-order chi connectivity index (χ1) is 9.51. The van der Waals surface area contributed by atoms with E-state index in [2.05, 4.69) is 10.8 Å². The standard InChI is InChI=1S/C14H19N3O2S/c1-12-2-4-14(5-3-12)20(18,19)16-13-6-9-17(10-7-13)11-8-15/h2-5,13,16H,6-7,9-11H2,1H3. The van der Waals surface area contributed by atoms with Crippen LogP contribution in [0.5, 0.6) is 0 Å². The van der Waals surface area contributed by atoms with Crippen molar-refractivity contribution in [1.29, 1.82) is 5.26 Å². The van der Waals surface area contributed by atoms with Crippen LogP contribution in [0.2, 0.25) is 0 Å². The summed E-state index contributed by atoms with van der Waals surface area (Å²) in [5.41, 5.74) is 1.04. The van der Waals surface area contributed by atoms with Crippen molar-refractivity contribution in [3.05, 3.63) is 29.8 Å². The summed E-state index contributed by atoms with van der Waals surface area (Å²) < 4.78 is 27.2. The van der Waals surface area contributed by atoms with Crippen LogP contribution in [0.1, 0.15) is 18.4 Å². The molecule has 1 aromatic carbocycles. The Hall–Kier alpha value is -1.42. The minimum absolute atomic E-state index is 0.0451. The molecule has 0 unspecified atom stereocenters. The Morgan fingerprint density at radius 1 is 1.30 bits per heavy atom. The predicted octanol–water partition coefficient (Wildman–Crippen LogP) is 1.26. The van der Waals surface area contributed by atoms with Crippen LogP contribution in [-0.2, 0) is 10.0 Å². The zero-order chi connectivity index (χ0) is 14.6. The lowest BCUT2D eigenvalue weighted by molar-refractivity contribution is 0.229. The fourth-order valence-corrected chi connectivity index (χ4v) is 3.62. The second-order valence-corrected chi connectivity index (χ2v) is 6.86. The molecule has 0 spiro atoms. The number of hydrogen-bond acceptors (Lipinski definition) is 4. The molecule has 0 aliphatic carbocycles. The van der Waals surface area contributed by atoms with E-state index in [-0.39, 0.29) is 6.04 Å². The number of benzene rings is 1. The van der Waals surface area contributed by atoms with Crippen LogP contribution >= 0.6 is 0 Å². The van der Waals surface area contributed by atoms with Gasteiger partial charge in [0.1, 0.15) is 0 Å². The highest BCUT2D eigenvalue weighted by Gasteiger charge is 2.24. The van der Waals surface area contributed by atoms with E-state index < -0.39 is 10.0 Å². The molecule has 1 aliphatic rings. The molecule has 0 atom stereocenters. The summed E-state index contributed by atoms with van der Waals surface area (Å²) in [6.07, 6.45) is 1.49. The van der Waals surface area contributed by atoms with Gasteiger partial charge in [-0.3, -0.25) is 4.90 Å². The number of aryl methyl sites for hydroxylation is 1. The minimum Gasteiger partial charge on any atom is -0.290 e. The van der Waals surface area contributed by atoms with Gasteiger partial charge < -0.3 is 0 Å². The van der Waals surface area contributed by atoms with Gasteiger partial charge >= 0.3 is 0 Å². The van der Waals surface area contributed by atoms with Crippen LogP contribution in [0.25, 0.3) is 0 Å². The molecule has 1 N–H and O–H groups in total. The molecule has 108 valence electrons.